The lowest BCUT2D eigenvalue weighted by atomic mass is 10.1. The van der Waals surface area contributed by atoms with E-state index in [0.29, 0.717) is 12.1 Å². The largest absolute Gasteiger partial charge is 1.00 e. The van der Waals surface area contributed by atoms with E-state index in [9.17, 15) is 4.79 Å². The molecule has 120 valence electrons. The van der Waals surface area contributed by atoms with Gasteiger partial charge < -0.3 is 28.7 Å². The topological polar surface area (TPSA) is 30.2 Å². The molecule has 0 spiro atoms. The summed E-state index contributed by atoms with van der Waals surface area (Å²) in [6.45, 7) is 0.335. The minimum absolute atomic E-state index is 0. The SMILES string of the molecule is O=C(C[n+]1ccccc1)c1ccc2c(c1)Sc1ccccc1O2.[I-]. The second-order valence-corrected chi connectivity index (χ2v) is 6.37. The molecule has 5 heteroatoms. The molecule has 0 saturated heterocycles. The third-order valence-electron chi connectivity index (χ3n) is 3.66. The second kappa shape index (κ2) is 7.36. The molecule has 0 amide bonds. The zero-order valence-corrected chi connectivity index (χ0v) is 15.7. The van der Waals surface area contributed by atoms with Gasteiger partial charge in [-0.1, -0.05) is 30.0 Å². The van der Waals surface area contributed by atoms with E-state index in [2.05, 4.69) is 0 Å². The van der Waals surface area contributed by atoms with Crippen molar-refractivity contribution in [2.24, 2.45) is 0 Å². The Kier molecular flexibility index (Phi) is 5.20. The highest BCUT2D eigenvalue weighted by molar-refractivity contribution is 7.99. The van der Waals surface area contributed by atoms with Crippen LogP contribution in [0.4, 0.5) is 0 Å². The normalized spacial score (nSPS) is 11.5. The number of halogens is 1. The molecule has 0 N–H and O–H groups in total. The van der Waals surface area contributed by atoms with Crippen molar-refractivity contribution in [1.82, 2.24) is 0 Å². The summed E-state index contributed by atoms with van der Waals surface area (Å²) in [6.07, 6.45) is 3.79. The Balaban J connectivity index is 0.00000169. The molecule has 3 aromatic rings. The zero-order chi connectivity index (χ0) is 15.6. The van der Waals surface area contributed by atoms with Crippen molar-refractivity contribution in [3.05, 3.63) is 78.6 Å². The highest BCUT2D eigenvalue weighted by Crippen LogP contribution is 2.46. The summed E-state index contributed by atoms with van der Waals surface area (Å²) in [5.74, 6) is 1.75. The number of hydrogen-bond donors (Lipinski definition) is 0. The van der Waals surface area contributed by atoms with Crippen LogP contribution in [-0.4, -0.2) is 5.78 Å². The van der Waals surface area contributed by atoms with Gasteiger partial charge in [-0.15, -0.1) is 0 Å². The number of para-hydroxylation sites is 1. The van der Waals surface area contributed by atoms with Crippen molar-refractivity contribution in [3.63, 3.8) is 0 Å². The van der Waals surface area contributed by atoms with Crippen LogP contribution in [0.1, 0.15) is 10.4 Å². The quantitative estimate of drug-likeness (QED) is 0.268. The van der Waals surface area contributed by atoms with E-state index in [1.165, 1.54) is 0 Å². The summed E-state index contributed by atoms with van der Waals surface area (Å²) in [5.41, 5.74) is 0.704. The summed E-state index contributed by atoms with van der Waals surface area (Å²) >= 11 is 1.64. The maximum Gasteiger partial charge on any atom is 0.227 e. The summed E-state index contributed by atoms with van der Waals surface area (Å²) in [5, 5.41) is 0. The fourth-order valence-corrected chi connectivity index (χ4v) is 3.49. The molecule has 0 saturated carbocycles. The molecule has 0 atom stereocenters. The van der Waals surface area contributed by atoms with Crippen molar-refractivity contribution < 1.29 is 38.1 Å². The number of nitrogens with zero attached hydrogens (tertiary/aromatic N) is 1. The molecule has 2 heterocycles. The fraction of sp³-hybridized carbons (Fsp3) is 0.0526. The first-order valence-corrected chi connectivity index (χ1v) is 8.17. The van der Waals surface area contributed by atoms with Crippen LogP contribution in [0.3, 0.4) is 0 Å². The van der Waals surface area contributed by atoms with Crippen LogP contribution in [0.5, 0.6) is 11.5 Å². The van der Waals surface area contributed by atoms with Gasteiger partial charge in [-0.3, -0.25) is 4.79 Å². The lowest BCUT2D eigenvalue weighted by Crippen LogP contribution is -3.00. The molecule has 0 aliphatic carbocycles. The van der Waals surface area contributed by atoms with Gasteiger partial charge in [0.15, 0.2) is 12.4 Å². The fourth-order valence-electron chi connectivity index (χ4n) is 2.50. The Morgan fingerprint density at radius 1 is 0.917 bits per heavy atom. The minimum Gasteiger partial charge on any atom is -1.00 e. The van der Waals surface area contributed by atoms with Crippen molar-refractivity contribution in [1.29, 1.82) is 0 Å². The maximum atomic E-state index is 12.5. The van der Waals surface area contributed by atoms with Gasteiger partial charge in [0.25, 0.3) is 0 Å². The van der Waals surface area contributed by atoms with Crippen LogP contribution in [0.15, 0.2) is 82.8 Å². The molecule has 3 nitrogen and oxygen atoms in total. The van der Waals surface area contributed by atoms with Crippen LogP contribution >= 0.6 is 11.8 Å². The van der Waals surface area contributed by atoms with Gasteiger partial charge in [0, 0.05) is 17.7 Å². The predicted octanol–water partition coefficient (Wildman–Crippen LogP) is 1.12. The van der Waals surface area contributed by atoms with Crippen LogP contribution in [0.2, 0.25) is 0 Å². The monoisotopic (exact) mass is 447 g/mol. The van der Waals surface area contributed by atoms with E-state index in [4.69, 9.17) is 4.74 Å². The van der Waals surface area contributed by atoms with Crippen molar-refractivity contribution >= 4 is 17.5 Å². The van der Waals surface area contributed by atoms with Crippen LogP contribution in [-0.2, 0) is 6.54 Å². The lowest BCUT2D eigenvalue weighted by Gasteiger charge is -2.19. The Morgan fingerprint density at radius 2 is 1.67 bits per heavy atom. The molecular weight excluding hydrogens is 433 g/mol. The molecule has 0 unspecified atom stereocenters. The Hall–Kier alpha value is -1.86. The van der Waals surface area contributed by atoms with E-state index in [-0.39, 0.29) is 29.8 Å². The highest BCUT2D eigenvalue weighted by Gasteiger charge is 2.20. The third-order valence-corrected chi connectivity index (χ3v) is 4.75. The Bertz CT molecular complexity index is 884. The third kappa shape index (κ3) is 3.47. The number of rotatable bonds is 3. The van der Waals surface area contributed by atoms with Gasteiger partial charge in [0.1, 0.15) is 11.5 Å². The van der Waals surface area contributed by atoms with Gasteiger partial charge in [0.2, 0.25) is 12.3 Å². The van der Waals surface area contributed by atoms with Crippen LogP contribution in [0.25, 0.3) is 0 Å². The van der Waals surface area contributed by atoms with Gasteiger partial charge in [0.05, 0.1) is 9.79 Å². The molecule has 0 bridgehead atoms. The summed E-state index contributed by atoms with van der Waals surface area (Å²) < 4.78 is 7.77. The number of Topliss-reactive ketones (excluding diaryl/α,β-unsaturated/α-hetero) is 1. The zero-order valence-electron chi connectivity index (χ0n) is 12.7. The average Bonchev–Trinajstić information content (AvgIpc) is 2.60. The highest BCUT2D eigenvalue weighted by atomic mass is 127. The number of ketones is 1. The predicted molar refractivity (Wildman–Crippen MR) is 88.0 cm³/mol. The second-order valence-electron chi connectivity index (χ2n) is 5.28. The summed E-state index contributed by atoms with van der Waals surface area (Å²) in [7, 11) is 0. The minimum atomic E-state index is 0. The smallest absolute Gasteiger partial charge is 0.227 e. The Labute approximate surface area is 161 Å². The van der Waals surface area contributed by atoms with E-state index in [1.54, 1.807) is 11.8 Å². The number of hydrogen-bond acceptors (Lipinski definition) is 3. The lowest BCUT2D eigenvalue weighted by molar-refractivity contribution is -0.683. The number of ether oxygens (including phenoxy) is 1. The first-order chi connectivity index (χ1) is 11.3. The number of fused-ring (bicyclic) bond motifs is 2. The number of benzene rings is 2. The van der Waals surface area contributed by atoms with E-state index >= 15 is 0 Å². The van der Waals surface area contributed by atoms with Gasteiger partial charge in [-0.2, -0.15) is 4.57 Å². The summed E-state index contributed by atoms with van der Waals surface area (Å²) in [6, 6.07) is 19.3. The van der Waals surface area contributed by atoms with Gasteiger partial charge in [-0.25, -0.2) is 0 Å². The Morgan fingerprint density at radius 3 is 2.50 bits per heavy atom. The molecule has 0 fully saturated rings. The van der Waals surface area contributed by atoms with Crippen molar-refractivity contribution in [2.75, 3.05) is 0 Å². The van der Waals surface area contributed by atoms with Crippen molar-refractivity contribution in [3.8, 4) is 11.5 Å². The number of carbonyl (C=O) groups is 1. The number of carbonyl (C=O) groups excluding carboxylic acids is 1. The van der Waals surface area contributed by atoms with Gasteiger partial charge >= 0.3 is 0 Å². The van der Waals surface area contributed by atoms with Crippen molar-refractivity contribution in [2.45, 2.75) is 16.3 Å². The van der Waals surface area contributed by atoms with E-state index < -0.39 is 0 Å². The first-order valence-electron chi connectivity index (χ1n) is 7.36. The first kappa shape index (κ1) is 17.0. The molecule has 4 rings (SSSR count). The molecule has 1 aromatic heterocycles. The molecule has 1 aliphatic rings. The average molecular weight is 447 g/mol. The van der Waals surface area contributed by atoms with E-state index in [0.717, 1.165) is 21.3 Å². The molecular formula is C19H14INO2S. The molecule has 24 heavy (non-hydrogen) atoms. The molecule has 0 radical (unpaired) electrons. The number of pyridine rings is 1. The number of aromatic nitrogens is 1. The molecule has 1 aliphatic heterocycles. The van der Waals surface area contributed by atoms with E-state index in [1.807, 2.05) is 77.6 Å². The maximum absolute atomic E-state index is 12.5. The molecule has 2 aromatic carbocycles. The summed E-state index contributed by atoms with van der Waals surface area (Å²) in [4.78, 5) is 14.5. The standard InChI is InChI=1S/C19H14NO2S.HI/c21-15(13-20-10-4-1-5-11-20)14-8-9-17-19(12-14)23-18-7-3-2-6-16(18)22-17;/h1-12H,13H2;1H/q+1;/p-1. The van der Waals surface area contributed by atoms with Crippen LogP contribution < -0.4 is 33.3 Å². The van der Waals surface area contributed by atoms with Gasteiger partial charge in [-0.05, 0) is 30.3 Å². The van der Waals surface area contributed by atoms with Crippen LogP contribution in [0, 0.1) is 0 Å².